The Labute approximate surface area is 205 Å². The van der Waals surface area contributed by atoms with Gasteiger partial charge in [0.15, 0.2) is 11.6 Å². The number of aromatic nitrogens is 1. The molecule has 2 fully saturated rings. The van der Waals surface area contributed by atoms with E-state index in [0.717, 1.165) is 49.2 Å². The van der Waals surface area contributed by atoms with Crippen LogP contribution in [0.5, 0.6) is 0 Å². The molecule has 3 N–H and O–H groups in total. The van der Waals surface area contributed by atoms with Gasteiger partial charge in [0.1, 0.15) is 5.92 Å². The van der Waals surface area contributed by atoms with Crippen molar-refractivity contribution in [2.24, 2.45) is 5.92 Å². The van der Waals surface area contributed by atoms with E-state index >= 15 is 0 Å². The number of nitrogens with one attached hydrogen (secondary N) is 2. The zero-order valence-corrected chi connectivity index (χ0v) is 20.2. The van der Waals surface area contributed by atoms with Crippen LogP contribution >= 0.6 is 0 Å². The molecule has 0 radical (unpaired) electrons. The number of rotatable bonds is 9. The molecule has 1 aliphatic heterocycles. The number of benzene rings is 1. The molecule has 35 heavy (non-hydrogen) atoms. The molecule has 1 aliphatic carbocycles. The number of hydrogen-bond donors (Lipinski definition) is 3. The molecule has 0 amide bonds. The molecule has 1 aromatic carbocycles. The number of esters is 1. The van der Waals surface area contributed by atoms with E-state index in [1.807, 2.05) is 30.5 Å². The van der Waals surface area contributed by atoms with E-state index in [-0.39, 0.29) is 31.0 Å². The summed E-state index contributed by atoms with van der Waals surface area (Å²) in [7, 11) is 0. The number of carbonyl (C=O) groups excluding carboxylic acids is 3. The van der Waals surface area contributed by atoms with Crippen LogP contribution in [0.25, 0.3) is 10.9 Å². The highest BCUT2D eigenvalue weighted by molar-refractivity contribution is 6.27. The van der Waals surface area contributed by atoms with Gasteiger partial charge in [-0.1, -0.05) is 12.1 Å². The highest BCUT2D eigenvalue weighted by atomic mass is 16.5. The summed E-state index contributed by atoms with van der Waals surface area (Å²) >= 11 is 0. The number of aliphatic hydroxyl groups is 1. The number of carbonyl (C=O) groups is 3. The summed E-state index contributed by atoms with van der Waals surface area (Å²) in [6, 6.07) is 7.56. The van der Waals surface area contributed by atoms with Crippen molar-refractivity contribution in [3.05, 3.63) is 47.8 Å². The molecule has 0 spiro atoms. The molecular formula is C26H34N4O5. The summed E-state index contributed by atoms with van der Waals surface area (Å²) in [4.78, 5) is 47.1. The summed E-state index contributed by atoms with van der Waals surface area (Å²) in [5, 5.41) is 13.1. The minimum atomic E-state index is -1.05. The van der Waals surface area contributed by atoms with Gasteiger partial charge in [-0.2, -0.15) is 0 Å². The van der Waals surface area contributed by atoms with Crippen LogP contribution in [0.1, 0.15) is 24.8 Å². The SMILES string of the molecule is CCOC(=O)C1C(=O)C(=CNCCN2CCN(CCO)CC2)C(=O)CC1c1cccc2[nH]ccc12. The number of piperazine rings is 1. The molecule has 1 saturated heterocycles. The molecule has 2 unspecified atom stereocenters. The molecule has 2 aromatic rings. The van der Waals surface area contributed by atoms with Gasteiger partial charge in [0, 0.05) is 81.5 Å². The Morgan fingerprint density at radius 1 is 1.17 bits per heavy atom. The van der Waals surface area contributed by atoms with E-state index < -0.39 is 23.6 Å². The molecule has 2 heterocycles. The number of hydrogen-bond acceptors (Lipinski definition) is 8. The lowest BCUT2D eigenvalue weighted by Gasteiger charge is -2.34. The Morgan fingerprint density at radius 3 is 2.63 bits per heavy atom. The fourth-order valence-electron chi connectivity index (χ4n) is 5.07. The molecule has 1 aromatic heterocycles. The van der Waals surface area contributed by atoms with Crippen molar-refractivity contribution in [3.8, 4) is 0 Å². The largest absolute Gasteiger partial charge is 0.465 e. The van der Waals surface area contributed by atoms with E-state index in [0.29, 0.717) is 13.1 Å². The third-order valence-electron chi connectivity index (χ3n) is 6.92. The number of fused-ring (bicyclic) bond motifs is 1. The summed E-state index contributed by atoms with van der Waals surface area (Å²) in [6.07, 6.45) is 3.35. The van der Waals surface area contributed by atoms with Crippen LogP contribution in [0, 0.1) is 5.92 Å². The Balaban J connectivity index is 1.45. The molecule has 188 valence electrons. The highest BCUT2D eigenvalue weighted by Gasteiger charge is 2.45. The predicted octanol–water partition coefficient (Wildman–Crippen LogP) is 1.06. The average Bonchev–Trinajstić information content (AvgIpc) is 3.33. The summed E-state index contributed by atoms with van der Waals surface area (Å²) < 4.78 is 5.26. The standard InChI is InChI=1S/C26H34N4O5/c1-2-35-26(34)24-20(18-4-3-5-22-19(18)6-7-28-22)16-23(32)21(25(24)33)17-27-8-9-29-10-12-30(13-11-29)14-15-31/h3-7,17,20,24,27-28,31H,2,8-16H2,1H3. The van der Waals surface area contributed by atoms with Gasteiger partial charge in [0.05, 0.1) is 18.8 Å². The van der Waals surface area contributed by atoms with Gasteiger partial charge in [-0.3, -0.25) is 24.2 Å². The van der Waals surface area contributed by atoms with E-state index in [2.05, 4.69) is 20.1 Å². The first kappa shape index (κ1) is 25.1. The fourth-order valence-corrected chi connectivity index (χ4v) is 5.07. The second-order valence-corrected chi connectivity index (χ2v) is 9.03. The van der Waals surface area contributed by atoms with Crippen LogP contribution in [-0.2, 0) is 19.1 Å². The van der Waals surface area contributed by atoms with Crippen LogP contribution in [0.2, 0.25) is 0 Å². The van der Waals surface area contributed by atoms with Gasteiger partial charge in [-0.05, 0) is 24.6 Å². The smallest absolute Gasteiger partial charge is 0.317 e. The number of ketones is 2. The van der Waals surface area contributed by atoms with Crippen molar-refractivity contribution in [1.82, 2.24) is 20.1 Å². The van der Waals surface area contributed by atoms with Crippen LogP contribution in [-0.4, -0.2) is 96.5 Å². The average molecular weight is 483 g/mol. The molecule has 2 atom stereocenters. The van der Waals surface area contributed by atoms with Gasteiger partial charge in [-0.25, -0.2) is 0 Å². The van der Waals surface area contributed by atoms with Gasteiger partial charge in [-0.15, -0.1) is 0 Å². The van der Waals surface area contributed by atoms with Crippen molar-refractivity contribution >= 4 is 28.4 Å². The van der Waals surface area contributed by atoms with Gasteiger partial charge >= 0.3 is 5.97 Å². The number of β-amino-alcohol motifs (C(OH)–C–C–N with tert-alkyl or cyclic N) is 1. The van der Waals surface area contributed by atoms with Gasteiger partial charge in [0.2, 0.25) is 0 Å². The van der Waals surface area contributed by atoms with Crippen molar-refractivity contribution in [3.63, 3.8) is 0 Å². The first-order valence-electron chi connectivity index (χ1n) is 12.3. The second-order valence-electron chi connectivity index (χ2n) is 9.03. The van der Waals surface area contributed by atoms with Crippen LogP contribution in [0.3, 0.4) is 0 Å². The first-order valence-corrected chi connectivity index (χ1v) is 12.3. The van der Waals surface area contributed by atoms with Gasteiger partial charge < -0.3 is 20.1 Å². The predicted molar refractivity (Wildman–Crippen MR) is 132 cm³/mol. The van der Waals surface area contributed by atoms with E-state index in [4.69, 9.17) is 9.84 Å². The normalized spacial score (nSPS) is 23.2. The van der Waals surface area contributed by atoms with Crippen molar-refractivity contribution < 1.29 is 24.2 Å². The number of Topliss-reactive ketones (excluding diaryl/α,β-unsaturated/α-hetero) is 2. The van der Waals surface area contributed by atoms with Crippen LogP contribution in [0.15, 0.2) is 42.2 Å². The summed E-state index contributed by atoms with van der Waals surface area (Å²) in [5.41, 5.74) is 1.73. The molecule has 4 rings (SSSR count). The third-order valence-corrected chi connectivity index (χ3v) is 6.92. The molecule has 0 bridgehead atoms. The van der Waals surface area contributed by atoms with Crippen molar-refractivity contribution in [2.75, 3.05) is 59.0 Å². The first-order chi connectivity index (χ1) is 17.0. The lowest BCUT2D eigenvalue weighted by molar-refractivity contribution is -0.152. The minimum absolute atomic E-state index is 0.0355. The summed E-state index contributed by atoms with van der Waals surface area (Å²) in [5.74, 6) is -2.96. The molecule has 9 heteroatoms. The van der Waals surface area contributed by atoms with E-state index in [9.17, 15) is 14.4 Å². The Bertz CT molecular complexity index is 1090. The quantitative estimate of drug-likeness (QED) is 0.160. The fraction of sp³-hybridized carbons (Fsp3) is 0.500. The summed E-state index contributed by atoms with van der Waals surface area (Å²) in [6.45, 7) is 7.75. The Morgan fingerprint density at radius 2 is 1.91 bits per heavy atom. The number of ether oxygens (including phenoxy) is 1. The number of allylic oxidation sites excluding steroid dienone is 1. The van der Waals surface area contributed by atoms with Gasteiger partial charge in [0.25, 0.3) is 0 Å². The highest BCUT2D eigenvalue weighted by Crippen LogP contribution is 2.40. The van der Waals surface area contributed by atoms with Crippen LogP contribution < -0.4 is 5.32 Å². The maximum absolute atomic E-state index is 13.4. The molecule has 1 saturated carbocycles. The van der Waals surface area contributed by atoms with Crippen molar-refractivity contribution in [1.29, 1.82) is 0 Å². The number of aliphatic hydroxyl groups excluding tert-OH is 1. The lowest BCUT2D eigenvalue weighted by Crippen LogP contribution is -2.48. The topological polar surface area (TPSA) is 115 Å². The molecule has 9 nitrogen and oxygen atoms in total. The zero-order valence-electron chi connectivity index (χ0n) is 20.2. The molecular weight excluding hydrogens is 448 g/mol. The molecule has 2 aliphatic rings. The minimum Gasteiger partial charge on any atom is -0.465 e. The van der Waals surface area contributed by atoms with Crippen LogP contribution in [0.4, 0.5) is 0 Å². The Hall–Kier alpha value is -3.01. The second kappa shape index (κ2) is 11.6. The van der Waals surface area contributed by atoms with Crippen molar-refractivity contribution in [2.45, 2.75) is 19.3 Å². The lowest BCUT2D eigenvalue weighted by atomic mass is 9.71. The van der Waals surface area contributed by atoms with E-state index in [1.54, 1.807) is 6.92 Å². The maximum atomic E-state index is 13.4. The zero-order chi connectivity index (χ0) is 24.8. The maximum Gasteiger partial charge on any atom is 0.317 e. The number of nitrogens with zero attached hydrogens (tertiary/aromatic N) is 2. The number of H-pyrrole nitrogens is 1. The monoisotopic (exact) mass is 482 g/mol. The number of aromatic amines is 1. The van der Waals surface area contributed by atoms with E-state index in [1.165, 1.54) is 6.20 Å². The Kier molecular flexibility index (Phi) is 8.33. The third kappa shape index (κ3) is 5.63.